The van der Waals surface area contributed by atoms with Crippen molar-refractivity contribution in [2.24, 2.45) is 0 Å². The van der Waals surface area contributed by atoms with Gasteiger partial charge in [-0.05, 0) is 69.6 Å². The summed E-state index contributed by atoms with van der Waals surface area (Å²) in [7, 11) is 4.09. The van der Waals surface area contributed by atoms with E-state index in [-0.39, 0.29) is 5.91 Å². The van der Waals surface area contributed by atoms with E-state index in [1.165, 1.54) is 24.0 Å². The Morgan fingerprint density at radius 3 is 2.83 bits per heavy atom. The highest BCUT2D eigenvalue weighted by atomic mass is 16.1. The first-order chi connectivity index (χ1) is 8.66. The lowest BCUT2D eigenvalue weighted by Gasteiger charge is -2.10. The topological polar surface area (TPSA) is 32.3 Å². The number of rotatable bonds is 5. The largest absolute Gasteiger partial charge is 0.352 e. The second-order valence-electron chi connectivity index (χ2n) is 5.25. The maximum atomic E-state index is 12.0. The molecule has 18 heavy (non-hydrogen) atoms. The second-order valence-corrected chi connectivity index (χ2v) is 5.25. The number of fused-ring (bicyclic) bond motifs is 1. The van der Waals surface area contributed by atoms with Crippen molar-refractivity contribution in [2.75, 3.05) is 27.2 Å². The highest BCUT2D eigenvalue weighted by Crippen LogP contribution is 2.22. The Labute approximate surface area is 109 Å². The summed E-state index contributed by atoms with van der Waals surface area (Å²) in [6.45, 7) is 1.75. The van der Waals surface area contributed by atoms with Crippen LogP contribution in [0.15, 0.2) is 18.2 Å². The fraction of sp³-hybridized carbons (Fsp3) is 0.533. The average molecular weight is 246 g/mol. The van der Waals surface area contributed by atoms with E-state index < -0.39 is 0 Å². The number of nitrogens with zero attached hydrogens (tertiary/aromatic N) is 1. The van der Waals surface area contributed by atoms with Crippen LogP contribution < -0.4 is 5.32 Å². The summed E-state index contributed by atoms with van der Waals surface area (Å²) >= 11 is 0. The van der Waals surface area contributed by atoms with Crippen LogP contribution in [0.25, 0.3) is 0 Å². The van der Waals surface area contributed by atoms with Gasteiger partial charge in [0.25, 0.3) is 5.91 Å². The minimum absolute atomic E-state index is 0.0588. The van der Waals surface area contributed by atoms with Gasteiger partial charge in [-0.25, -0.2) is 0 Å². The maximum absolute atomic E-state index is 12.0. The van der Waals surface area contributed by atoms with Crippen molar-refractivity contribution >= 4 is 5.91 Å². The van der Waals surface area contributed by atoms with Crippen LogP contribution in [0.1, 0.15) is 34.3 Å². The Balaban J connectivity index is 1.85. The molecular weight excluding hydrogens is 224 g/mol. The maximum Gasteiger partial charge on any atom is 0.251 e. The van der Waals surface area contributed by atoms with E-state index in [2.05, 4.69) is 22.3 Å². The lowest BCUT2D eigenvalue weighted by atomic mass is 10.1. The highest BCUT2D eigenvalue weighted by molar-refractivity contribution is 5.94. The monoisotopic (exact) mass is 246 g/mol. The quantitative estimate of drug-likeness (QED) is 0.804. The van der Waals surface area contributed by atoms with Gasteiger partial charge in [-0.2, -0.15) is 0 Å². The van der Waals surface area contributed by atoms with Gasteiger partial charge in [0.2, 0.25) is 0 Å². The summed E-state index contributed by atoms with van der Waals surface area (Å²) in [4.78, 5) is 14.1. The first-order valence-corrected chi connectivity index (χ1v) is 6.71. The van der Waals surface area contributed by atoms with E-state index in [4.69, 9.17) is 0 Å². The molecule has 1 aliphatic carbocycles. The SMILES string of the molecule is CN(C)CCCNC(=O)c1ccc2c(c1)CCC2. The van der Waals surface area contributed by atoms with Crippen LogP contribution in [0, 0.1) is 0 Å². The van der Waals surface area contributed by atoms with Crippen LogP contribution in [0.4, 0.5) is 0 Å². The minimum Gasteiger partial charge on any atom is -0.352 e. The molecule has 1 aliphatic rings. The van der Waals surface area contributed by atoms with Gasteiger partial charge >= 0.3 is 0 Å². The Kier molecular flexibility index (Phi) is 4.37. The molecule has 0 aliphatic heterocycles. The molecule has 0 bridgehead atoms. The summed E-state index contributed by atoms with van der Waals surface area (Å²) < 4.78 is 0. The molecule has 0 unspecified atom stereocenters. The molecule has 1 amide bonds. The second kappa shape index (κ2) is 6.01. The number of hydrogen-bond donors (Lipinski definition) is 1. The zero-order chi connectivity index (χ0) is 13.0. The van der Waals surface area contributed by atoms with Crippen molar-refractivity contribution in [1.82, 2.24) is 10.2 Å². The molecule has 98 valence electrons. The molecule has 0 fully saturated rings. The Morgan fingerprint density at radius 2 is 2.06 bits per heavy atom. The molecule has 0 atom stereocenters. The Hall–Kier alpha value is -1.35. The van der Waals surface area contributed by atoms with E-state index >= 15 is 0 Å². The van der Waals surface area contributed by atoms with Gasteiger partial charge in [0, 0.05) is 12.1 Å². The molecule has 2 rings (SSSR count). The van der Waals surface area contributed by atoms with Crippen LogP contribution in [0.3, 0.4) is 0 Å². The highest BCUT2D eigenvalue weighted by Gasteiger charge is 2.13. The van der Waals surface area contributed by atoms with Crippen LogP contribution in [-0.4, -0.2) is 38.0 Å². The van der Waals surface area contributed by atoms with Crippen molar-refractivity contribution in [3.63, 3.8) is 0 Å². The number of carbonyl (C=O) groups excluding carboxylic acids is 1. The molecule has 0 aromatic heterocycles. The molecule has 0 radical (unpaired) electrons. The molecule has 1 aromatic carbocycles. The van der Waals surface area contributed by atoms with Crippen molar-refractivity contribution in [2.45, 2.75) is 25.7 Å². The standard InChI is InChI=1S/C15H22N2O/c1-17(2)10-4-9-16-15(18)14-8-7-12-5-3-6-13(12)11-14/h7-8,11H,3-6,9-10H2,1-2H3,(H,16,18). The Morgan fingerprint density at radius 1 is 1.28 bits per heavy atom. The van der Waals surface area contributed by atoms with Gasteiger partial charge in [-0.1, -0.05) is 6.07 Å². The molecule has 3 heteroatoms. The molecule has 0 heterocycles. The molecule has 1 N–H and O–H groups in total. The summed E-state index contributed by atoms with van der Waals surface area (Å²) in [5.74, 6) is 0.0588. The van der Waals surface area contributed by atoms with Crippen LogP contribution in [0.5, 0.6) is 0 Å². The minimum atomic E-state index is 0.0588. The van der Waals surface area contributed by atoms with Crippen molar-refractivity contribution in [1.29, 1.82) is 0 Å². The van der Waals surface area contributed by atoms with Gasteiger partial charge in [-0.3, -0.25) is 4.79 Å². The third-order valence-corrected chi connectivity index (χ3v) is 3.43. The van der Waals surface area contributed by atoms with Crippen molar-refractivity contribution < 1.29 is 4.79 Å². The van der Waals surface area contributed by atoms with E-state index in [1.54, 1.807) is 0 Å². The number of carbonyl (C=O) groups is 1. The molecule has 0 spiro atoms. The zero-order valence-corrected chi connectivity index (χ0v) is 11.3. The first kappa shape index (κ1) is 13.1. The smallest absolute Gasteiger partial charge is 0.251 e. The number of nitrogens with one attached hydrogen (secondary N) is 1. The van der Waals surface area contributed by atoms with Crippen molar-refractivity contribution in [3.8, 4) is 0 Å². The van der Waals surface area contributed by atoms with E-state index in [0.717, 1.165) is 31.5 Å². The molecule has 0 saturated heterocycles. The number of aryl methyl sites for hydroxylation is 2. The zero-order valence-electron chi connectivity index (χ0n) is 11.3. The third kappa shape index (κ3) is 3.33. The Bertz CT molecular complexity index is 427. The molecular formula is C15H22N2O. The van der Waals surface area contributed by atoms with Crippen LogP contribution in [0.2, 0.25) is 0 Å². The number of hydrogen-bond acceptors (Lipinski definition) is 2. The molecule has 3 nitrogen and oxygen atoms in total. The fourth-order valence-corrected chi connectivity index (χ4v) is 2.41. The molecule has 0 saturated carbocycles. The first-order valence-electron chi connectivity index (χ1n) is 6.71. The normalized spacial score (nSPS) is 13.7. The van der Waals surface area contributed by atoms with Gasteiger partial charge in [0.1, 0.15) is 0 Å². The number of benzene rings is 1. The summed E-state index contributed by atoms with van der Waals surface area (Å²) in [5, 5.41) is 2.98. The summed E-state index contributed by atoms with van der Waals surface area (Å²) in [6.07, 6.45) is 4.50. The number of amides is 1. The van der Waals surface area contributed by atoms with Gasteiger partial charge in [-0.15, -0.1) is 0 Å². The lowest BCUT2D eigenvalue weighted by Crippen LogP contribution is -2.27. The lowest BCUT2D eigenvalue weighted by molar-refractivity contribution is 0.0952. The van der Waals surface area contributed by atoms with Gasteiger partial charge < -0.3 is 10.2 Å². The van der Waals surface area contributed by atoms with Crippen LogP contribution >= 0.6 is 0 Å². The summed E-state index contributed by atoms with van der Waals surface area (Å²) in [5.41, 5.74) is 3.58. The third-order valence-electron chi connectivity index (χ3n) is 3.43. The van der Waals surface area contributed by atoms with Gasteiger partial charge in [0.15, 0.2) is 0 Å². The van der Waals surface area contributed by atoms with Crippen molar-refractivity contribution in [3.05, 3.63) is 34.9 Å². The predicted molar refractivity (Wildman–Crippen MR) is 74.0 cm³/mol. The predicted octanol–water partition coefficient (Wildman–Crippen LogP) is 1.86. The van der Waals surface area contributed by atoms with E-state index in [0.29, 0.717) is 0 Å². The van der Waals surface area contributed by atoms with E-state index in [9.17, 15) is 4.79 Å². The fourth-order valence-electron chi connectivity index (χ4n) is 2.41. The average Bonchev–Trinajstić information content (AvgIpc) is 2.81. The molecule has 1 aromatic rings. The summed E-state index contributed by atoms with van der Waals surface area (Å²) in [6, 6.07) is 6.12. The van der Waals surface area contributed by atoms with Crippen LogP contribution in [-0.2, 0) is 12.8 Å². The van der Waals surface area contributed by atoms with Gasteiger partial charge in [0.05, 0.1) is 0 Å². The van der Waals surface area contributed by atoms with E-state index in [1.807, 2.05) is 20.2 Å².